The number of rotatable bonds is 3. The van der Waals surface area contributed by atoms with Crippen LogP contribution in [0, 0.1) is 0 Å². The van der Waals surface area contributed by atoms with Crippen molar-refractivity contribution < 1.29 is 24.0 Å². The average Bonchev–Trinajstić information content (AvgIpc) is 3.19. The zero-order chi connectivity index (χ0) is 24.7. The number of carbonyl (C=O) groups excluding carboxylic acids is 5. The van der Waals surface area contributed by atoms with Gasteiger partial charge in [-0.3, -0.25) is 29.4 Å². The molecule has 5 rings (SSSR count). The number of amides is 6. The summed E-state index contributed by atoms with van der Waals surface area (Å²) in [4.78, 5) is 65.6. The van der Waals surface area contributed by atoms with Crippen LogP contribution in [-0.2, 0) is 16.1 Å². The predicted molar refractivity (Wildman–Crippen MR) is 128 cm³/mol. The fourth-order valence-electron chi connectivity index (χ4n) is 4.60. The molecule has 3 aromatic carbocycles. The Morgan fingerprint density at radius 1 is 1.00 bits per heavy atom. The Hall–Kier alpha value is -4.53. The maximum atomic E-state index is 13.3. The lowest BCUT2D eigenvalue weighted by Gasteiger charge is -2.29. The van der Waals surface area contributed by atoms with Gasteiger partial charge in [0.1, 0.15) is 6.04 Å². The number of imide groups is 2. The lowest BCUT2D eigenvalue weighted by atomic mass is 10.0. The van der Waals surface area contributed by atoms with Crippen molar-refractivity contribution in [3.05, 3.63) is 77.4 Å². The van der Waals surface area contributed by atoms with Crippen molar-refractivity contribution in [2.45, 2.75) is 25.4 Å². The first-order valence-corrected chi connectivity index (χ1v) is 11.2. The number of nitrogens with one attached hydrogen (secondary N) is 2. The largest absolute Gasteiger partial charge is 0.328 e. The molecule has 1 unspecified atom stereocenters. The molecule has 2 heterocycles. The maximum Gasteiger partial charge on any atom is 0.328 e. The van der Waals surface area contributed by atoms with Gasteiger partial charge in [-0.15, -0.1) is 0 Å². The summed E-state index contributed by atoms with van der Waals surface area (Å²) in [5.74, 6) is -2.01. The summed E-state index contributed by atoms with van der Waals surface area (Å²) in [5, 5.41) is 6.81. The highest BCUT2D eigenvalue weighted by molar-refractivity contribution is 6.16. The number of anilines is 1. The lowest BCUT2D eigenvalue weighted by Crippen LogP contribution is -2.52. The van der Waals surface area contributed by atoms with Crippen molar-refractivity contribution in [1.29, 1.82) is 0 Å². The van der Waals surface area contributed by atoms with Gasteiger partial charge in [-0.2, -0.15) is 0 Å². The second-order valence-electron chi connectivity index (χ2n) is 8.56. The Morgan fingerprint density at radius 3 is 2.54 bits per heavy atom. The SMILES string of the molecule is CN(C(=O)Nc1cccc2ccccc12)C(=O)c1cccc2c1C(=O)N(C1CCC(=O)NC1=O)C2. The molecule has 2 aliphatic rings. The second-order valence-corrected chi connectivity index (χ2v) is 8.56. The number of piperidine rings is 1. The molecule has 3 aromatic rings. The van der Waals surface area contributed by atoms with Crippen molar-refractivity contribution in [2.75, 3.05) is 12.4 Å². The molecular weight excluding hydrogens is 448 g/mol. The van der Waals surface area contributed by atoms with Crippen LogP contribution in [0.1, 0.15) is 39.1 Å². The van der Waals surface area contributed by atoms with Crippen LogP contribution in [0.5, 0.6) is 0 Å². The Morgan fingerprint density at radius 2 is 1.74 bits per heavy atom. The average molecular weight is 470 g/mol. The molecule has 0 aliphatic carbocycles. The van der Waals surface area contributed by atoms with Crippen LogP contribution in [0.2, 0.25) is 0 Å². The highest BCUT2D eigenvalue weighted by atomic mass is 16.2. The van der Waals surface area contributed by atoms with Gasteiger partial charge in [-0.1, -0.05) is 48.5 Å². The van der Waals surface area contributed by atoms with Crippen LogP contribution in [0.3, 0.4) is 0 Å². The molecule has 9 heteroatoms. The normalized spacial score (nSPS) is 17.2. The number of nitrogens with zero attached hydrogens (tertiary/aromatic N) is 2. The van der Waals surface area contributed by atoms with E-state index in [2.05, 4.69) is 10.6 Å². The van der Waals surface area contributed by atoms with Crippen LogP contribution in [0.15, 0.2) is 60.7 Å². The van der Waals surface area contributed by atoms with E-state index in [-0.39, 0.29) is 36.4 Å². The van der Waals surface area contributed by atoms with Gasteiger partial charge in [0.2, 0.25) is 11.8 Å². The van der Waals surface area contributed by atoms with Crippen molar-refractivity contribution >= 4 is 46.1 Å². The molecule has 1 saturated heterocycles. The second kappa shape index (κ2) is 8.68. The summed E-state index contributed by atoms with van der Waals surface area (Å²) in [6.45, 7) is 0.146. The standard InChI is InChI=1S/C26H22N4O5/c1-29(26(35)27-19-11-5-7-15-6-2-3-9-17(15)19)24(33)18-10-4-8-16-14-30(25(34)22(16)18)20-12-13-21(31)28-23(20)32/h2-11,20H,12-14H2,1H3,(H,27,35)(H,28,31,32). The van der Waals surface area contributed by atoms with Crippen molar-refractivity contribution in [3.8, 4) is 0 Å². The van der Waals surface area contributed by atoms with Gasteiger partial charge in [0.15, 0.2) is 0 Å². The molecule has 9 nitrogen and oxygen atoms in total. The Balaban J connectivity index is 1.38. The Labute approximate surface area is 200 Å². The first-order chi connectivity index (χ1) is 16.8. The molecule has 0 radical (unpaired) electrons. The van der Waals surface area contributed by atoms with E-state index in [1.54, 1.807) is 18.2 Å². The predicted octanol–water partition coefficient (Wildman–Crippen LogP) is 2.90. The fraction of sp³-hybridized carbons (Fsp3) is 0.192. The third-order valence-corrected chi connectivity index (χ3v) is 6.42. The van der Waals surface area contributed by atoms with Gasteiger partial charge in [0.25, 0.3) is 11.8 Å². The molecule has 0 saturated carbocycles. The van der Waals surface area contributed by atoms with E-state index in [0.29, 0.717) is 11.3 Å². The molecule has 2 aliphatic heterocycles. The highest BCUT2D eigenvalue weighted by Crippen LogP contribution is 2.30. The van der Waals surface area contributed by atoms with Crippen LogP contribution in [-0.4, -0.2) is 52.5 Å². The summed E-state index contributed by atoms with van der Waals surface area (Å²) >= 11 is 0. The third kappa shape index (κ3) is 3.90. The zero-order valence-electron chi connectivity index (χ0n) is 18.9. The van der Waals surface area contributed by atoms with Crippen LogP contribution < -0.4 is 10.6 Å². The first kappa shape index (κ1) is 22.3. The highest BCUT2D eigenvalue weighted by Gasteiger charge is 2.41. The molecule has 35 heavy (non-hydrogen) atoms. The fourth-order valence-corrected chi connectivity index (χ4v) is 4.60. The van der Waals surface area contributed by atoms with Crippen molar-refractivity contribution in [2.24, 2.45) is 0 Å². The van der Waals surface area contributed by atoms with Gasteiger partial charge < -0.3 is 10.2 Å². The van der Waals surface area contributed by atoms with E-state index in [1.807, 2.05) is 36.4 Å². The Kier molecular flexibility index (Phi) is 5.52. The molecule has 0 aromatic heterocycles. The van der Waals surface area contributed by atoms with E-state index in [0.717, 1.165) is 15.7 Å². The van der Waals surface area contributed by atoms with E-state index < -0.39 is 29.8 Å². The molecule has 6 amide bonds. The lowest BCUT2D eigenvalue weighted by molar-refractivity contribution is -0.136. The molecule has 1 atom stereocenters. The van der Waals surface area contributed by atoms with Gasteiger partial charge in [0, 0.05) is 25.4 Å². The topological polar surface area (TPSA) is 116 Å². The monoisotopic (exact) mass is 470 g/mol. The number of hydrogen-bond acceptors (Lipinski definition) is 5. The van der Waals surface area contributed by atoms with E-state index >= 15 is 0 Å². The van der Waals surface area contributed by atoms with Crippen LogP contribution >= 0.6 is 0 Å². The Bertz CT molecular complexity index is 1410. The number of hydrogen-bond donors (Lipinski definition) is 2. The van der Waals surface area contributed by atoms with E-state index in [4.69, 9.17) is 0 Å². The van der Waals surface area contributed by atoms with E-state index in [1.165, 1.54) is 18.0 Å². The summed E-state index contributed by atoms with van der Waals surface area (Å²) in [5.41, 5.74) is 1.41. The van der Waals surface area contributed by atoms with Crippen LogP contribution in [0.25, 0.3) is 10.8 Å². The first-order valence-electron chi connectivity index (χ1n) is 11.2. The molecule has 0 bridgehead atoms. The summed E-state index contributed by atoms with van der Waals surface area (Å²) in [6.07, 6.45) is 0.362. The molecular formula is C26H22N4O5. The van der Waals surface area contributed by atoms with Crippen molar-refractivity contribution in [1.82, 2.24) is 15.1 Å². The minimum Gasteiger partial charge on any atom is -0.322 e. The molecule has 176 valence electrons. The number of benzene rings is 3. The van der Waals surface area contributed by atoms with Gasteiger partial charge in [-0.05, 0) is 29.5 Å². The van der Waals surface area contributed by atoms with Gasteiger partial charge in [0.05, 0.1) is 16.8 Å². The third-order valence-electron chi connectivity index (χ3n) is 6.42. The maximum absolute atomic E-state index is 13.3. The van der Waals surface area contributed by atoms with E-state index in [9.17, 15) is 24.0 Å². The smallest absolute Gasteiger partial charge is 0.322 e. The minimum atomic E-state index is -0.789. The van der Waals surface area contributed by atoms with Crippen LogP contribution in [0.4, 0.5) is 10.5 Å². The van der Waals surface area contributed by atoms with Gasteiger partial charge >= 0.3 is 6.03 Å². The number of carbonyl (C=O) groups is 5. The quantitative estimate of drug-likeness (QED) is 0.571. The molecule has 2 N–H and O–H groups in total. The summed E-state index contributed by atoms with van der Waals surface area (Å²) in [7, 11) is 1.35. The van der Waals surface area contributed by atoms with Crippen molar-refractivity contribution in [3.63, 3.8) is 0 Å². The van der Waals surface area contributed by atoms with Gasteiger partial charge in [-0.25, -0.2) is 4.79 Å². The molecule has 0 spiro atoms. The minimum absolute atomic E-state index is 0.0814. The summed E-state index contributed by atoms with van der Waals surface area (Å²) in [6, 6.07) is 16.5. The summed E-state index contributed by atoms with van der Waals surface area (Å²) < 4.78 is 0. The number of urea groups is 1. The zero-order valence-corrected chi connectivity index (χ0v) is 18.9. The molecule has 1 fully saturated rings. The number of fused-ring (bicyclic) bond motifs is 2.